The Morgan fingerprint density at radius 3 is 1.81 bits per heavy atom. The lowest BCUT2D eigenvalue weighted by Crippen LogP contribution is -2.17. The van der Waals surface area contributed by atoms with E-state index in [9.17, 15) is 0 Å². The van der Waals surface area contributed by atoms with E-state index >= 15 is 0 Å². The van der Waals surface area contributed by atoms with E-state index in [0.717, 1.165) is 72.9 Å². The average Bonchev–Trinajstić information content (AvgIpc) is 3.39. The standard InChI is InChI=1S/C55H39NO/c1-55(2)48-27-12-11-24-44(48)45-31-30-42(35-49(45)55)56(41-23-13-22-38(32-41)36-16-5-3-6-17-36)50-28-15-29-51-54(50)53-43(37-18-7-4-8-19-37)25-14-26-46(53)47-33-39-20-9-10-21-40(39)34-52(47)57-51/h3-35H,1-2H3. The molecule has 0 saturated heterocycles. The summed E-state index contributed by atoms with van der Waals surface area (Å²) in [7, 11) is 0. The third-order valence-electron chi connectivity index (χ3n) is 12.0. The molecule has 270 valence electrons. The Hall–Kier alpha value is -7.16. The SMILES string of the molecule is CC1(C)c2ccccc2-c2ccc(N(c3cccc(-c4ccccc4)c3)c3cccc4c3-c3c(-c5ccccc5)cccc3-c3cc5ccccc5cc3O4)cc21. The van der Waals surface area contributed by atoms with Crippen LogP contribution < -0.4 is 9.64 Å². The van der Waals surface area contributed by atoms with Gasteiger partial charge >= 0.3 is 0 Å². The molecule has 57 heavy (non-hydrogen) atoms. The van der Waals surface area contributed by atoms with Gasteiger partial charge in [-0.05, 0) is 109 Å². The van der Waals surface area contributed by atoms with Gasteiger partial charge in [0.1, 0.15) is 11.5 Å². The molecule has 1 aliphatic heterocycles. The zero-order chi connectivity index (χ0) is 38.1. The minimum absolute atomic E-state index is 0.160. The van der Waals surface area contributed by atoms with E-state index in [1.54, 1.807) is 0 Å². The van der Waals surface area contributed by atoms with Crippen LogP contribution in [-0.2, 0) is 5.41 Å². The maximum Gasteiger partial charge on any atom is 0.137 e. The van der Waals surface area contributed by atoms with Gasteiger partial charge in [-0.15, -0.1) is 0 Å². The topological polar surface area (TPSA) is 12.5 Å². The van der Waals surface area contributed by atoms with E-state index in [4.69, 9.17) is 4.74 Å². The fourth-order valence-electron chi connectivity index (χ4n) is 9.29. The molecular formula is C55H39NO. The van der Waals surface area contributed by atoms with Crippen LogP contribution in [0.15, 0.2) is 200 Å². The number of hydrogen-bond acceptors (Lipinski definition) is 2. The van der Waals surface area contributed by atoms with Crippen molar-refractivity contribution in [3.05, 3.63) is 211 Å². The molecule has 0 unspecified atom stereocenters. The summed E-state index contributed by atoms with van der Waals surface area (Å²) < 4.78 is 7.16. The van der Waals surface area contributed by atoms with E-state index in [2.05, 4.69) is 219 Å². The summed E-state index contributed by atoms with van der Waals surface area (Å²) in [5, 5.41) is 2.33. The van der Waals surface area contributed by atoms with Crippen molar-refractivity contribution in [2.45, 2.75) is 19.3 Å². The van der Waals surface area contributed by atoms with Gasteiger partial charge < -0.3 is 9.64 Å². The van der Waals surface area contributed by atoms with E-state index in [-0.39, 0.29) is 5.41 Å². The number of ether oxygens (including phenoxy) is 1. The highest BCUT2D eigenvalue weighted by molar-refractivity contribution is 6.06. The van der Waals surface area contributed by atoms with E-state index in [1.807, 2.05) is 0 Å². The minimum atomic E-state index is -0.160. The molecule has 2 aliphatic rings. The van der Waals surface area contributed by atoms with E-state index < -0.39 is 0 Å². The number of rotatable bonds is 5. The monoisotopic (exact) mass is 729 g/mol. The molecule has 0 amide bonds. The summed E-state index contributed by atoms with van der Waals surface area (Å²) in [6.07, 6.45) is 0. The maximum absolute atomic E-state index is 7.16. The van der Waals surface area contributed by atoms with Crippen molar-refractivity contribution in [3.8, 4) is 67.1 Å². The molecule has 9 aromatic rings. The highest BCUT2D eigenvalue weighted by Gasteiger charge is 2.36. The summed E-state index contributed by atoms with van der Waals surface area (Å²) in [6.45, 7) is 4.71. The molecule has 0 bridgehead atoms. The van der Waals surface area contributed by atoms with Crippen LogP contribution in [0.4, 0.5) is 17.1 Å². The lowest BCUT2D eigenvalue weighted by atomic mass is 9.82. The van der Waals surface area contributed by atoms with Crippen molar-refractivity contribution in [2.24, 2.45) is 0 Å². The van der Waals surface area contributed by atoms with Crippen LogP contribution in [0.1, 0.15) is 25.0 Å². The van der Waals surface area contributed by atoms with E-state index in [1.165, 1.54) is 33.2 Å². The van der Waals surface area contributed by atoms with Gasteiger partial charge in [0.15, 0.2) is 0 Å². The normalized spacial score (nSPS) is 13.0. The molecule has 0 spiro atoms. The second-order valence-electron chi connectivity index (χ2n) is 15.7. The molecule has 0 N–H and O–H groups in total. The Morgan fingerprint density at radius 1 is 0.368 bits per heavy atom. The van der Waals surface area contributed by atoms with Crippen LogP contribution in [0.2, 0.25) is 0 Å². The average molecular weight is 730 g/mol. The quantitative estimate of drug-likeness (QED) is 0.175. The molecule has 9 aromatic carbocycles. The van der Waals surface area contributed by atoms with Crippen LogP contribution in [0.3, 0.4) is 0 Å². The van der Waals surface area contributed by atoms with Gasteiger partial charge in [-0.3, -0.25) is 0 Å². The highest BCUT2D eigenvalue weighted by atomic mass is 16.5. The van der Waals surface area contributed by atoms with Gasteiger partial charge in [-0.1, -0.05) is 166 Å². The summed E-state index contributed by atoms with van der Waals surface area (Å²) in [6, 6.07) is 72.6. The molecule has 0 saturated carbocycles. The lowest BCUT2D eigenvalue weighted by molar-refractivity contribution is 0.488. The second kappa shape index (κ2) is 13.0. The lowest BCUT2D eigenvalue weighted by Gasteiger charge is -2.31. The molecule has 0 atom stereocenters. The van der Waals surface area contributed by atoms with Crippen LogP contribution in [-0.4, -0.2) is 0 Å². The third-order valence-corrected chi connectivity index (χ3v) is 12.0. The fraction of sp³-hybridized carbons (Fsp3) is 0.0545. The highest BCUT2D eigenvalue weighted by Crippen LogP contribution is 2.57. The third kappa shape index (κ3) is 5.33. The molecule has 1 aliphatic carbocycles. The molecule has 1 heterocycles. The number of hydrogen-bond donors (Lipinski definition) is 0. The van der Waals surface area contributed by atoms with Crippen molar-refractivity contribution in [1.29, 1.82) is 0 Å². The van der Waals surface area contributed by atoms with Gasteiger partial charge in [0.05, 0.1) is 5.69 Å². The Labute approximate surface area is 333 Å². The Kier molecular flexibility index (Phi) is 7.55. The molecule has 11 rings (SSSR count). The molecule has 2 heteroatoms. The van der Waals surface area contributed by atoms with Gasteiger partial charge in [-0.2, -0.15) is 0 Å². The predicted molar refractivity (Wildman–Crippen MR) is 238 cm³/mol. The summed E-state index contributed by atoms with van der Waals surface area (Å²) >= 11 is 0. The zero-order valence-electron chi connectivity index (χ0n) is 31.9. The summed E-state index contributed by atoms with van der Waals surface area (Å²) in [5.41, 5.74) is 17.5. The van der Waals surface area contributed by atoms with Crippen LogP contribution >= 0.6 is 0 Å². The number of anilines is 3. The van der Waals surface area contributed by atoms with Gasteiger partial charge in [-0.25, -0.2) is 0 Å². The van der Waals surface area contributed by atoms with Crippen molar-refractivity contribution >= 4 is 27.8 Å². The smallest absolute Gasteiger partial charge is 0.137 e. The zero-order valence-corrected chi connectivity index (χ0v) is 31.9. The first kappa shape index (κ1) is 33.2. The maximum atomic E-state index is 7.16. The molecule has 0 fully saturated rings. The Balaban J connectivity index is 1.22. The van der Waals surface area contributed by atoms with Crippen LogP contribution in [0, 0.1) is 0 Å². The first-order chi connectivity index (χ1) is 28.0. The fourth-order valence-corrected chi connectivity index (χ4v) is 9.29. The number of benzene rings is 9. The summed E-state index contributed by atoms with van der Waals surface area (Å²) in [5.74, 6) is 1.68. The van der Waals surface area contributed by atoms with Crippen LogP contribution in [0.25, 0.3) is 66.4 Å². The minimum Gasteiger partial charge on any atom is -0.456 e. The van der Waals surface area contributed by atoms with Crippen molar-refractivity contribution < 1.29 is 4.74 Å². The molecule has 0 aromatic heterocycles. The second-order valence-corrected chi connectivity index (χ2v) is 15.7. The van der Waals surface area contributed by atoms with Crippen molar-refractivity contribution in [3.63, 3.8) is 0 Å². The van der Waals surface area contributed by atoms with Gasteiger partial charge in [0.25, 0.3) is 0 Å². The van der Waals surface area contributed by atoms with Gasteiger partial charge in [0, 0.05) is 33.5 Å². The Bertz CT molecular complexity index is 3020. The largest absolute Gasteiger partial charge is 0.456 e. The van der Waals surface area contributed by atoms with Gasteiger partial charge in [0.2, 0.25) is 0 Å². The molecule has 2 nitrogen and oxygen atoms in total. The van der Waals surface area contributed by atoms with Crippen molar-refractivity contribution in [2.75, 3.05) is 4.90 Å². The van der Waals surface area contributed by atoms with Crippen molar-refractivity contribution in [1.82, 2.24) is 0 Å². The molecule has 0 radical (unpaired) electrons. The summed E-state index contributed by atoms with van der Waals surface area (Å²) in [4.78, 5) is 2.45. The molecular weight excluding hydrogens is 691 g/mol. The van der Waals surface area contributed by atoms with E-state index in [0.29, 0.717) is 0 Å². The number of nitrogens with zero attached hydrogens (tertiary/aromatic N) is 1. The predicted octanol–water partition coefficient (Wildman–Crippen LogP) is 15.4. The first-order valence-electron chi connectivity index (χ1n) is 19.8. The number of fused-ring (bicyclic) bond motifs is 9. The first-order valence-corrected chi connectivity index (χ1v) is 19.8. The van der Waals surface area contributed by atoms with Crippen LogP contribution in [0.5, 0.6) is 11.5 Å². The Morgan fingerprint density at radius 2 is 0.982 bits per heavy atom.